The Morgan fingerprint density at radius 3 is 2.87 bits per heavy atom. The Morgan fingerprint density at radius 2 is 2.13 bits per heavy atom. The number of piperidine rings is 1. The minimum absolute atomic E-state index is 0.0375. The average molecular weight is 328 g/mol. The molecule has 4 rings (SSSR count). The number of benzene rings is 1. The molecule has 120 valence electrons. The van der Waals surface area contributed by atoms with E-state index in [1.807, 2.05) is 36.4 Å². The van der Waals surface area contributed by atoms with Crippen molar-refractivity contribution in [3.05, 3.63) is 41.3 Å². The second kappa shape index (κ2) is 5.98. The number of hydrogen-bond acceptors (Lipinski definition) is 4. The number of nitrogens with one attached hydrogen (secondary N) is 2. The molecule has 2 bridgehead atoms. The highest BCUT2D eigenvalue weighted by atomic mass is 32.1. The third-order valence-corrected chi connectivity index (χ3v) is 5.96. The minimum atomic E-state index is 0.0375. The number of methoxy groups -OCH3 is 1. The summed E-state index contributed by atoms with van der Waals surface area (Å²) in [5, 5.41) is 6.68. The van der Waals surface area contributed by atoms with Crippen molar-refractivity contribution in [2.45, 2.75) is 24.9 Å². The van der Waals surface area contributed by atoms with Crippen molar-refractivity contribution in [2.75, 3.05) is 13.7 Å². The smallest absolute Gasteiger partial charge is 0.261 e. The van der Waals surface area contributed by atoms with Crippen LogP contribution in [0, 0.1) is 5.92 Å². The van der Waals surface area contributed by atoms with Crippen LogP contribution in [0.4, 0.5) is 0 Å². The van der Waals surface area contributed by atoms with Gasteiger partial charge in [0.1, 0.15) is 5.75 Å². The van der Waals surface area contributed by atoms with E-state index < -0.39 is 0 Å². The first-order valence-electron chi connectivity index (χ1n) is 8.02. The van der Waals surface area contributed by atoms with Crippen molar-refractivity contribution in [1.82, 2.24) is 10.6 Å². The lowest BCUT2D eigenvalue weighted by Crippen LogP contribution is -2.47. The van der Waals surface area contributed by atoms with E-state index in [2.05, 4.69) is 10.6 Å². The van der Waals surface area contributed by atoms with Gasteiger partial charge in [0.2, 0.25) is 0 Å². The van der Waals surface area contributed by atoms with Gasteiger partial charge in [-0.15, -0.1) is 11.3 Å². The van der Waals surface area contributed by atoms with Crippen molar-refractivity contribution < 1.29 is 9.53 Å². The maximum absolute atomic E-state index is 12.5. The first kappa shape index (κ1) is 14.7. The quantitative estimate of drug-likeness (QED) is 0.907. The Morgan fingerprint density at radius 1 is 1.26 bits per heavy atom. The van der Waals surface area contributed by atoms with Gasteiger partial charge in [-0.1, -0.05) is 12.1 Å². The number of ether oxygens (including phenoxy) is 1. The van der Waals surface area contributed by atoms with E-state index in [1.54, 1.807) is 7.11 Å². The van der Waals surface area contributed by atoms with E-state index in [0.29, 0.717) is 6.04 Å². The van der Waals surface area contributed by atoms with Crippen LogP contribution in [0.3, 0.4) is 0 Å². The van der Waals surface area contributed by atoms with Gasteiger partial charge < -0.3 is 15.4 Å². The van der Waals surface area contributed by atoms with E-state index in [9.17, 15) is 4.79 Å². The Hall–Kier alpha value is -1.85. The normalized spacial score (nSPS) is 25.5. The summed E-state index contributed by atoms with van der Waals surface area (Å²) in [4.78, 5) is 14.3. The van der Waals surface area contributed by atoms with Crippen molar-refractivity contribution in [1.29, 1.82) is 0 Å². The second-order valence-corrected chi connectivity index (χ2v) is 7.38. The molecule has 1 saturated carbocycles. The molecule has 1 aromatic carbocycles. The van der Waals surface area contributed by atoms with Crippen LogP contribution in [-0.4, -0.2) is 31.6 Å². The summed E-state index contributed by atoms with van der Waals surface area (Å²) in [6, 6.07) is 12.5. The zero-order chi connectivity index (χ0) is 15.8. The highest BCUT2D eigenvalue weighted by Crippen LogP contribution is 2.35. The molecule has 2 aliphatic rings. The fourth-order valence-corrected chi connectivity index (χ4v) is 4.64. The molecular formula is C18H20N2O2S. The summed E-state index contributed by atoms with van der Waals surface area (Å²) >= 11 is 1.51. The van der Waals surface area contributed by atoms with Crippen LogP contribution in [0.5, 0.6) is 5.75 Å². The number of rotatable bonds is 4. The topological polar surface area (TPSA) is 50.4 Å². The maximum atomic E-state index is 12.5. The molecule has 0 radical (unpaired) electrons. The van der Waals surface area contributed by atoms with Crippen LogP contribution in [0.25, 0.3) is 10.4 Å². The zero-order valence-electron chi connectivity index (χ0n) is 13.0. The molecule has 0 spiro atoms. The van der Waals surface area contributed by atoms with Gasteiger partial charge in [0, 0.05) is 22.5 Å². The number of carbonyl (C=O) groups is 1. The maximum Gasteiger partial charge on any atom is 0.261 e. The molecule has 1 aliphatic heterocycles. The van der Waals surface area contributed by atoms with E-state index in [0.717, 1.165) is 40.0 Å². The van der Waals surface area contributed by atoms with Crippen LogP contribution < -0.4 is 15.4 Å². The Balaban J connectivity index is 1.50. The first-order chi connectivity index (χ1) is 11.2. The third kappa shape index (κ3) is 2.75. The van der Waals surface area contributed by atoms with Crippen molar-refractivity contribution in [2.24, 2.45) is 5.92 Å². The molecule has 4 nitrogen and oxygen atoms in total. The summed E-state index contributed by atoms with van der Waals surface area (Å²) in [6.07, 6.45) is 2.30. The number of para-hydroxylation sites is 1. The molecule has 1 aliphatic carbocycles. The fourth-order valence-electron chi connectivity index (χ4n) is 3.71. The number of thiophene rings is 1. The van der Waals surface area contributed by atoms with Gasteiger partial charge >= 0.3 is 0 Å². The molecule has 2 aromatic rings. The molecule has 1 saturated heterocycles. The van der Waals surface area contributed by atoms with E-state index in [4.69, 9.17) is 4.74 Å². The molecule has 5 heteroatoms. The lowest BCUT2D eigenvalue weighted by atomic mass is 10.1. The standard InChI is InChI=1S/C18H20N2O2S/c1-22-15-5-3-2-4-12(15)16-6-7-17(23-16)18(21)20-14-9-11-8-13(14)19-10-11/h2-7,11,13-14,19H,8-10H2,1H3,(H,20,21). The minimum Gasteiger partial charge on any atom is -0.496 e. The lowest BCUT2D eigenvalue weighted by Gasteiger charge is -2.23. The monoisotopic (exact) mass is 328 g/mol. The number of amides is 1. The fraction of sp³-hybridized carbons (Fsp3) is 0.389. The van der Waals surface area contributed by atoms with Gasteiger partial charge in [-0.3, -0.25) is 4.79 Å². The largest absolute Gasteiger partial charge is 0.496 e. The SMILES string of the molecule is COc1ccccc1-c1ccc(C(=O)NC2CC3CNC2C3)s1. The Labute approximate surface area is 139 Å². The van der Waals surface area contributed by atoms with E-state index in [1.165, 1.54) is 17.8 Å². The molecular weight excluding hydrogens is 308 g/mol. The van der Waals surface area contributed by atoms with Crippen LogP contribution in [0.15, 0.2) is 36.4 Å². The summed E-state index contributed by atoms with van der Waals surface area (Å²) in [6.45, 7) is 1.11. The number of fused-ring (bicyclic) bond motifs is 2. The van der Waals surface area contributed by atoms with Crippen LogP contribution >= 0.6 is 11.3 Å². The summed E-state index contributed by atoms with van der Waals surface area (Å²) in [5.41, 5.74) is 1.03. The zero-order valence-corrected chi connectivity index (χ0v) is 13.9. The molecule has 2 N–H and O–H groups in total. The van der Waals surface area contributed by atoms with Crippen LogP contribution in [-0.2, 0) is 0 Å². The number of carbonyl (C=O) groups excluding carboxylic acids is 1. The molecule has 3 unspecified atom stereocenters. The molecule has 3 atom stereocenters. The van der Waals surface area contributed by atoms with Gasteiger partial charge in [0.25, 0.3) is 5.91 Å². The Kier molecular flexibility index (Phi) is 3.83. The predicted octanol–water partition coefficient (Wildman–Crippen LogP) is 2.90. The average Bonchev–Trinajstić information content (AvgIpc) is 3.31. The van der Waals surface area contributed by atoms with Gasteiger partial charge in [-0.2, -0.15) is 0 Å². The van der Waals surface area contributed by atoms with Crippen molar-refractivity contribution in [3.8, 4) is 16.2 Å². The molecule has 1 amide bonds. The Bertz CT molecular complexity index is 727. The molecule has 2 fully saturated rings. The summed E-state index contributed by atoms with van der Waals surface area (Å²) in [5.74, 6) is 1.60. The highest BCUT2D eigenvalue weighted by Gasteiger charge is 2.40. The van der Waals surface area contributed by atoms with E-state index >= 15 is 0 Å². The molecule has 23 heavy (non-hydrogen) atoms. The van der Waals surface area contributed by atoms with Gasteiger partial charge in [-0.25, -0.2) is 0 Å². The van der Waals surface area contributed by atoms with Crippen LogP contribution in [0.1, 0.15) is 22.5 Å². The van der Waals surface area contributed by atoms with Gasteiger partial charge in [0.05, 0.1) is 12.0 Å². The van der Waals surface area contributed by atoms with Crippen LogP contribution in [0.2, 0.25) is 0 Å². The van der Waals surface area contributed by atoms with Crippen molar-refractivity contribution in [3.63, 3.8) is 0 Å². The van der Waals surface area contributed by atoms with Gasteiger partial charge in [-0.05, 0) is 49.6 Å². The number of hydrogen-bond donors (Lipinski definition) is 2. The first-order valence-corrected chi connectivity index (χ1v) is 8.83. The van der Waals surface area contributed by atoms with Crippen molar-refractivity contribution >= 4 is 17.2 Å². The van der Waals surface area contributed by atoms with E-state index in [-0.39, 0.29) is 11.9 Å². The summed E-state index contributed by atoms with van der Waals surface area (Å²) in [7, 11) is 1.67. The molecule has 1 aromatic heterocycles. The lowest BCUT2D eigenvalue weighted by molar-refractivity contribution is 0.0932. The van der Waals surface area contributed by atoms with Gasteiger partial charge in [0.15, 0.2) is 0 Å². The summed E-state index contributed by atoms with van der Waals surface area (Å²) < 4.78 is 5.41. The highest BCUT2D eigenvalue weighted by molar-refractivity contribution is 7.17. The second-order valence-electron chi connectivity index (χ2n) is 6.30. The third-order valence-electron chi connectivity index (χ3n) is 4.85. The molecule has 2 heterocycles. The predicted molar refractivity (Wildman–Crippen MR) is 92.1 cm³/mol.